The lowest BCUT2D eigenvalue weighted by Crippen LogP contribution is -2.32. The summed E-state index contributed by atoms with van der Waals surface area (Å²) in [6, 6.07) is 18.3. The van der Waals surface area contributed by atoms with E-state index in [1.807, 2.05) is 48.8 Å². The molecule has 0 aliphatic carbocycles. The van der Waals surface area contributed by atoms with Crippen molar-refractivity contribution in [2.45, 2.75) is 6.92 Å². The lowest BCUT2D eigenvalue weighted by atomic mass is 10.2. The van der Waals surface area contributed by atoms with E-state index in [-0.39, 0.29) is 0 Å². The third-order valence-electron chi connectivity index (χ3n) is 3.69. The molecule has 1 aromatic carbocycles. The first-order valence-electron chi connectivity index (χ1n) is 7.20. The van der Waals surface area contributed by atoms with Crippen molar-refractivity contribution in [3.05, 3.63) is 78.8 Å². The first kappa shape index (κ1) is 12.7. The second kappa shape index (κ2) is 5.07. The fourth-order valence-corrected chi connectivity index (χ4v) is 2.65. The quantitative estimate of drug-likeness (QED) is 0.531. The molecule has 0 amide bonds. The minimum atomic E-state index is 0.905. The average Bonchev–Trinajstić information content (AvgIpc) is 2.97. The maximum atomic E-state index is 4.86. The van der Waals surface area contributed by atoms with Crippen LogP contribution < -0.4 is 4.52 Å². The molecular formula is C18H15N4+. The van der Waals surface area contributed by atoms with Crippen LogP contribution in [0.25, 0.3) is 22.7 Å². The second-order valence-corrected chi connectivity index (χ2v) is 5.18. The van der Waals surface area contributed by atoms with Crippen molar-refractivity contribution in [3.8, 4) is 17.1 Å². The summed E-state index contributed by atoms with van der Waals surface area (Å²) >= 11 is 0. The topological polar surface area (TPSA) is 34.8 Å². The maximum absolute atomic E-state index is 4.86. The van der Waals surface area contributed by atoms with E-state index in [2.05, 4.69) is 39.3 Å². The number of fused-ring (bicyclic) bond motifs is 1. The number of aromatic nitrogens is 4. The molecule has 0 saturated heterocycles. The van der Waals surface area contributed by atoms with Crippen molar-refractivity contribution in [2.75, 3.05) is 0 Å². The first-order valence-corrected chi connectivity index (χ1v) is 7.20. The molecule has 0 fully saturated rings. The third kappa shape index (κ3) is 1.97. The van der Waals surface area contributed by atoms with E-state index in [1.165, 1.54) is 0 Å². The van der Waals surface area contributed by atoms with E-state index in [0.29, 0.717) is 0 Å². The summed E-state index contributed by atoms with van der Waals surface area (Å²) in [5, 5.41) is 0. The Balaban J connectivity index is 2.10. The highest BCUT2D eigenvalue weighted by atomic mass is 15.4. The highest BCUT2D eigenvalue weighted by Crippen LogP contribution is 2.20. The monoisotopic (exact) mass is 287 g/mol. The first-order chi connectivity index (χ1) is 10.8. The smallest absolute Gasteiger partial charge is 0.262 e. The summed E-state index contributed by atoms with van der Waals surface area (Å²) in [5.41, 5.74) is 4.15. The predicted molar refractivity (Wildman–Crippen MR) is 84.7 cm³/mol. The lowest BCUT2D eigenvalue weighted by molar-refractivity contribution is -0.598. The molecule has 0 unspecified atom stereocenters. The molecule has 0 atom stereocenters. The fraction of sp³-hybridized carbons (Fsp3) is 0.0556. The maximum Gasteiger partial charge on any atom is 0.352 e. The number of hydrogen-bond donors (Lipinski definition) is 0. The molecule has 0 N–H and O–H groups in total. The molecule has 4 nitrogen and oxygen atoms in total. The molecule has 4 rings (SSSR count). The van der Waals surface area contributed by atoms with E-state index in [1.54, 1.807) is 6.20 Å². The van der Waals surface area contributed by atoms with Gasteiger partial charge in [-0.15, -0.1) is 9.20 Å². The molecule has 4 heteroatoms. The van der Waals surface area contributed by atoms with Crippen LogP contribution in [0, 0.1) is 6.92 Å². The summed E-state index contributed by atoms with van der Waals surface area (Å²) in [5.74, 6) is 0.905. The summed E-state index contributed by atoms with van der Waals surface area (Å²) in [6.07, 6.45) is 5.65. The molecule has 3 heterocycles. The van der Waals surface area contributed by atoms with Gasteiger partial charge in [-0.05, 0) is 48.3 Å². The third-order valence-corrected chi connectivity index (χ3v) is 3.69. The Morgan fingerprint density at radius 3 is 2.59 bits per heavy atom. The van der Waals surface area contributed by atoms with E-state index >= 15 is 0 Å². The predicted octanol–water partition coefficient (Wildman–Crippen LogP) is 2.98. The largest absolute Gasteiger partial charge is 0.352 e. The van der Waals surface area contributed by atoms with Crippen molar-refractivity contribution in [2.24, 2.45) is 0 Å². The van der Waals surface area contributed by atoms with Crippen LogP contribution >= 0.6 is 0 Å². The normalized spacial score (nSPS) is 11.0. The highest BCUT2D eigenvalue weighted by molar-refractivity contribution is 5.60. The molecule has 0 aliphatic heterocycles. The zero-order valence-corrected chi connectivity index (χ0v) is 12.2. The molecular weight excluding hydrogens is 272 g/mol. The van der Waals surface area contributed by atoms with Crippen LogP contribution in [0.5, 0.6) is 0 Å². The summed E-state index contributed by atoms with van der Waals surface area (Å²) in [7, 11) is 0. The second-order valence-electron chi connectivity index (χ2n) is 5.18. The van der Waals surface area contributed by atoms with Crippen LogP contribution in [-0.4, -0.2) is 14.6 Å². The number of hydrogen-bond acceptors (Lipinski definition) is 2. The van der Waals surface area contributed by atoms with Crippen molar-refractivity contribution < 1.29 is 4.52 Å². The van der Waals surface area contributed by atoms with Gasteiger partial charge in [0.25, 0.3) is 5.82 Å². The molecule has 0 aliphatic rings. The number of benzene rings is 1. The van der Waals surface area contributed by atoms with Crippen LogP contribution in [0.15, 0.2) is 73.2 Å². The molecule has 0 bridgehead atoms. The Morgan fingerprint density at radius 1 is 0.955 bits per heavy atom. The van der Waals surface area contributed by atoms with E-state index in [0.717, 1.165) is 28.3 Å². The number of rotatable bonds is 2. The molecule has 22 heavy (non-hydrogen) atoms. The fourth-order valence-electron chi connectivity index (χ4n) is 2.65. The summed E-state index contributed by atoms with van der Waals surface area (Å²) < 4.78 is 4.15. The average molecular weight is 287 g/mol. The number of aryl methyl sites for hydroxylation is 1. The Labute approximate surface area is 128 Å². The van der Waals surface area contributed by atoms with Gasteiger partial charge in [0.1, 0.15) is 11.9 Å². The van der Waals surface area contributed by atoms with Crippen molar-refractivity contribution in [1.82, 2.24) is 14.6 Å². The van der Waals surface area contributed by atoms with Gasteiger partial charge in [-0.1, -0.05) is 18.2 Å². The van der Waals surface area contributed by atoms with Gasteiger partial charge in [0.2, 0.25) is 0 Å². The van der Waals surface area contributed by atoms with Crippen LogP contribution in [0.2, 0.25) is 0 Å². The van der Waals surface area contributed by atoms with E-state index in [9.17, 15) is 0 Å². The zero-order chi connectivity index (χ0) is 14.9. The van der Waals surface area contributed by atoms with Gasteiger partial charge in [-0.3, -0.25) is 4.98 Å². The van der Waals surface area contributed by atoms with Gasteiger partial charge in [0.05, 0.1) is 6.20 Å². The molecule has 3 aromatic heterocycles. The zero-order valence-electron chi connectivity index (χ0n) is 12.2. The SMILES string of the molecule is Cc1ccc[n+]2c1nc(-c1ccccc1)n2-c1cccnc1. The Morgan fingerprint density at radius 2 is 1.82 bits per heavy atom. The van der Waals surface area contributed by atoms with Crippen LogP contribution in [0.1, 0.15) is 5.56 Å². The lowest BCUT2D eigenvalue weighted by Gasteiger charge is -2.03. The summed E-state index contributed by atoms with van der Waals surface area (Å²) in [6.45, 7) is 2.07. The van der Waals surface area contributed by atoms with Gasteiger partial charge in [-0.25, -0.2) is 0 Å². The van der Waals surface area contributed by atoms with Crippen molar-refractivity contribution in [3.63, 3.8) is 0 Å². The van der Waals surface area contributed by atoms with Gasteiger partial charge in [-0.2, -0.15) is 0 Å². The Hall–Kier alpha value is -3.01. The van der Waals surface area contributed by atoms with Crippen LogP contribution in [0.3, 0.4) is 0 Å². The molecule has 4 aromatic rings. The van der Waals surface area contributed by atoms with Gasteiger partial charge >= 0.3 is 5.65 Å². The van der Waals surface area contributed by atoms with Crippen LogP contribution in [-0.2, 0) is 0 Å². The Kier molecular flexibility index (Phi) is 2.93. The highest BCUT2D eigenvalue weighted by Gasteiger charge is 2.23. The summed E-state index contributed by atoms with van der Waals surface area (Å²) in [4.78, 5) is 9.10. The number of nitrogens with zero attached hydrogens (tertiary/aromatic N) is 4. The van der Waals surface area contributed by atoms with E-state index in [4.69, 9.17) is 4.98 Å². The van der Waals surface area contributed by atoms with Crippen molar-refractivity contribution >= 4 is 5.65 Å². The minimum absolute atomic E-state index is 0.905. The van der Waals surface area contributed by atoms with Gasteiger partial charge < -0.3 is 0 Å². The molecule has 0 spiro atoms. The molecule has 106 valence electrons. The van der Waals surface area contributed by atoms with Gasteiger partial charge in [0, 0.05) is 17.3 Å². The minimum Gasteiger partial charge on any atom is -0.262 e. The van der Waals surface area contributed by atoms with E-state index < -0.39 is 0 Å². The Bertz CT molecular complexity index is 927. The standard InChI is InChI=1S/C18H15N4/c1-14-7-6-12-21-17(14)20-18(15-8-3-2-4-9-15)22(21)16-10-5-11-19-13-16/h2-13H,1H3/q+1. The van der Waals surface area contributed by atoms with Crippen molar-refractivity contribution in [1.29, 1.82) is 0 Å². The van der Waals surface area contributed by atoms with Crippen LogP contribution in [0.4, 0.5) is 0 Å². The molecule has 0 saturated carbocycles. The number of pyridine rings is 2. The molecule has 0 radical (unpaired) electrons. The van der Waals surface area contributed by atoms with Gasteiger partial charge in [0.15, 0.2) is 0 Å².